The molecular formula is C11H16Br2N2O2. The highest BCUT2D eigenvalue weighted by Gasteiger charge is 2.05. The highest BCUT2D eigenvalue weighted by atomic mass is 79.9. The lowest BCUT2D eigenvalue weighted by Crippen LogP contribution is -2.27. The monoisotopic (exact) mass is 366 g/mol. The molecule has 0 bridgehead atoms. The smallest absolute Gasteiger partial charge is 0.221 e. The van der Waals surface area contributed by atoms with Crippen LogP contribution >= 0.6 is 31.9 Å². The Hall–Kier alpha value is -0.330. The van der Waals surface area contributed by atoms with E-state index < -0.39 is 0 Å². The van der Waals surface area contributed by atoms with Gasteiger partial charge in [0.25, 0.3) is 0 Å². The van der Waals surface area contributed by atoms with Crippen molar-refractivity contribution in [3.8, 4) is 0 Å². The number of amides is 1. The van der Waals surface area contributed by atoms with E-state index in [1.165, 1.54) is 0 Å². The van der Waals surface area contributed by atoms with Gasteiger partial charge in [-0.25, -0.2) is 0 Å². The van der Waals surface area contributed by atoms with E-state index in [1.807, 2.05) is 13.0 Å². The van der Waals surface area contributed by atoms with Crippen LogP contribution in [0.5, 0.6) is 0 Å². The molecule has 0 fully saturated rings. The minimum Gasteiger partial charge on any atom is -0.452 e. The third-order valence-corrected chi connectivity index (χ3v) is 3.81. The summed E-state index contributed by atoms with van der Waals surface area (Å²) in [5.41, 5.74) is 0. The molecule has 0 atom stereocenters. The average molecular weight is 368 g/mol. The molecule has 0 saturated carbocycles. The number of rotatable bonds is 7. The van der Waals surface area contributed by atoms with Crippen molar-refractivity contribution in [2.45, 2.75) is 26.3 Å². The fourth-order valence-electron chi connectivity index (χ4n) is 1.24. The van der Waals surface area contributed by atoms with E-state index >= 15 is 0 Å². The quantitative estimate of drug-likeness (QED) is 0.728. The molecule has 0 spiro atoms. The number of hydrogen-bond acceptors (Lipinski definition) is 3. The Labute approximate surface area is 118 Å². The van der Waals surface area contributed by atoms with Gasteiger partial charge in [-0.15, -0.1) is 0 Å². The first-order valence-corrected chi connectivity index (χ1v) is 7.13. The Morgan fingerprint density at radius 3 is 2.76 bits per heavy atom. The summed E-state index contributed by atoms with van der Waals surface area (Å²) in [5.74, 6) is 0.916. The van der Waals surface area contributed by atoms with Crippen LogP contribution in [-0.2, 0) is 11.3 Å². The summed E-state index contributed by atoms with van der Waals surface area (Å²) >= 11 is 6.62. The normalized spacial score (nSPS) is 10.5. The van der Waals surface area contributed by atoms with Gasteiger partial charge >= 0.3 is 0 Å². The van der Waals surface area contributed by atoms with Crippen molar-refractivity contribution in [2.24, 2.45) is 0 Å². The molecule has 2 N–H and O–H groups in total. The second-order valence-electron chi connectivity index (χ2n) is 3.61. The molecule has 96 valence electrons. The van der Waals surface area contributed by atoms with Gasteiger partial charge in [-0.2, -0.15) is 0 Å². The molecule has 17 heavy (non-hydrogen) atoms. The van der Waals surface area contributed by atoms with E-state index in [9.17, 15) is 4.79 Å². The number of hydrogen-bond donors (Lipinski definition) is 2. The maximum absolute atomic E-state index is 11.3. The SMILES string of the molecule is CCCNC(=O)CCNCc1cc(Br)c(Br)o1. The third kappa shape index (κ3) is 5.70. The topological polar surface area (TPSA) is 54.3 Å². The van der Waals surface area contributed by atoms with E-state index in [-0.39, 0.29) is 5.91 Å². The molecule has 1 amide bonds. The summed E-state index contributed by atoms with van der Waals surface area (Å²) < 4.78 is 6.98. The zero-order chi connectivity index (χ0) is 12.7. The van der Waals surface area contributed by atoms with Crippen LogP contribution in [0.2, 0.25) is 0 Å². The first kappa shape index (κ1) is 14.7. The number of furan rings is 1. The first-order valence-electron chi connectivity index (χ1n) is 5.54. The van der Waals surface area contributed by atoms with Crippen LogP contribution in [0.25, 0.3) is 0 Å². The summed E-state index contributed by atoms with van der Waals surface area (Å²) in [4.78, 5) is 11.3. The van der Waals surface area contributed by atoms with Crippen molar-refractivity contribution in [1.82, 2.24) is 10.6 Å². The molecule has 0 aromatic carbocycles. The first-order chi connectivity index (χ1) is 8.13. The van der Waals surface area contributed by atoms with Crippen LogP contribution in [0.15, 0.2) is 19.6 Å². The van der Waals surface area contributed by atoms with E-state index in [0.717, 1.165) is 23.2 Å². The lowest BCUT2D eigenvalue weighted by atomic mass is 10.3. The van der Waals surface area contributed by atoms with Crippen molar-refractivity contribution >= 4 is 37.8 Å². The third-order valence-electron chi connectivity index (χ3n) is 2.10. The molecule has 0 unspecified atom stereocenters. The molecule has 1 aromatic rings. The number of carbonyl (C=O) groups is 1. The Balaban J connectivity index is 2.14. The van der Waals surface area contributed by atoms with Crippen LogP contribution in [-0.4, -0.2) is 19.0 Å². The van der Waals surface area contributed by atoms with Gasteiger partial charge in [0.2, 0.25) is 5.91 Å². The highest BCUT2D eigenvalue weighted by Crippen LogP contribution is 2.26. The van der Waals surface area contributed by atoms with Gasteiger partial charge in [-0.05, 0) is 44.3 Å². The lowest BCUT2D eigenvalue weighted by molar-refractivity contribution is -0.120. The highest BCUT2D eigenvalue weighted by molar-refractivity contribution is 9.13. The Kier molecular flexibility index (Phi) is 6.84. The summed E-state index contributed by atoms with van der Waals surface area (Å²) in [7, 11) is 0. The summed E-state index contributed by atoms with van der Waals surface area (Å²) in [6.45, 7) is 4.04. The van der Waals surface area contributed by atoms with Gasteiger partial charge in [0, 0.05) is 19.5 Å². The van der Waals surface area contributed by atoms with Crippen LogP contribution in [0.3, 0.4) is 0 Å². The fraction of sp³-hybridized carbons (Fsp3) is 0.545. The Morgan fingerprint density at radius 1 is 1.41 bits per heavy atom. The van der Waals surface area contributed by atoms with E-state index in [0.29, 0.717) is 24.2 Å². The molecule has 0 aliphatic heterocycles. The van der Waals surface area contributed by atoms with E-state index in [4.69, 9.17) is 4.42 Å². The maximum Gasteiger partial charge on any atom is 0.221 e. The van der Waals surface area contributed by atoms with Crippen LogP contribution in [0.4, 0.5) is 0 Å². The number of halogens is 2. The number of nitrogens with one attached hydrogen (secondary N) is 2. The van der Waals surface area contributed by atoms with Crippen molar-refractivity contribution in [3.05, 3.63) is 21.0 Å². The predicted molar refractivity (Wildman–Crippen MR) is 73.7 cm³/mol. The number of carbonyl (C=O) groups excluding carboxylic acids is 1. The van der Waals surface area contributed by atoms with Crippen molar-refractivity contribution < 1.29 is 9.21 Å². The molecule has 1 rings (SSSR count). The second-order valence-corrected chi connectivity index (χ2v) is 5.19. The van der Waals surface area contributed by atoms with Crippen LogP contribution in [0.1, 0.15) is 25.5 Å². The minimum absolute atomic E-state index is 0.0844. The average Bonchev–Trinajstić information content (AvgIpc) is 2.61. The minimum atomic E-state index is 0.0844. The summed E-state index contributed by atoms with van der Waals surface area (Å²) in [6.07, 6.45) is 1.46. The van der Waals surface area contributed by atoms with Gasteiger partial charge in [0.05, 0.1) is 11.0 Å². The van der Waals surface area contributed by atoms with Crippen LogP contribution < -0.4 is 10.6 Å². The Morgan fingerprint density at radius 2 is 2.18 bits per heavy atom. The van der Waals surface area contributed by atoms with E-state index in [2.05, 4.69) is 42.5 Å². The molecule has 4 nitrogen and oxygen atoms in total. The molecule has 1 heterocycles. The summed E-state index contributed by atoms with van der Waals surface area (Å²) in [6, 6.07) is 1.90. The van der Waals surface area contributed by atoms with Gasteiger partial charge in [-0.1, -0.05) is 6.92 Å². The predicted octanol–water partition coefficient (Wildman–Crippen LogP) is 2.81. The molecule has 0 radical (unpaired) electrons. The van der Waals surface area contributed by atoms with Crippen molar-refractivity contribution in [2.75, 3.05) is 13.1 Å². The van der Waals surface area contributed by atoms with Gasteiger partial charge < -0.3 is 15.1 Å². The molecule has 6 heteroatoms. The van der Waals surface area contributed by atoms with Crippen molar-refractivity contribution in [1.29, 1.82) is 0 Å². The van der Waals surface area contributed by atoms with Gasteiger partial charge in [-0.3, -0.25) is 4.79 Å². The lowest BCUT2D eigenvalue weighted by Gasteiger charge is -2.04. The molecule has 0 saturated heterocycles. The maximum atomic E-state index is 11.3. The van der Waals surface area contributed by atoms with Crippen molar-refractivity contribution in [3.63, 3.8) is 0 Å². The standard InChI is InChI=1S/C11H16Br2N2O2/c1-2-4-15-10(16)3-5-14-7-8-6-9(12)11(13)17-8/h6,14H,2-5,7H2,1H3,(H,15,16). The largest absolute Gasteiger partial charge is 0.452 e. The second kappa shape index (κ2) is 7.89. The Bertz CT molecular complexity index is 347. The van der Waals surface area contributed by atoms with Gasteiger partial charge in [0.15, 0.2) is 4.67 Å². The molecule has 0 aliphatic rings. The molecule has 1 aromatic heterocycles. The van der Waals surface area contributed by atoms with Gasteiger partial charge in [0.1, 0.15) is 5.76 Å². The zero-order valence-corrected chi connectivity index (χ0v) is 12.9. The molecule has 0 aliphatic carbocycles. The van der Waals surface area contributed by atoms with E-state index in [1.54, 1.807) is 0 Å². The summed E-state index contributed by atoms with van der Waals surface area (Å²) in [5, 5.41) is 5.98. The fourth-order valence-corrected chi connectivity index (χ4v) is 1.90. The zero-order valence-electron chi connectivity index (χ0n) is 9.69. The van der Waals surface area contributed by atoms with Crippen LogP contribution in [0, 0.1) is 0 Å². The molecular weight excluding hydrogens is 352 g/mol.